The molecule has 1 N–H and O–H groups in total. The second-order valence-corrected chi connectivity index (χ2v) is 6.16. The van der Waals surface area contributed by atoms with Gasteiger partial charge in [0.25, 0.3) is 0 Å². The Morgan fingerprint density at radius 1 is 1.36 bits per heavy atom. The van der Waals surface area contributed by atoms with Gasteiger partial charge in [-0.15, -0.1) is 0 Å². The highest BCUT2D eigenvalue weighted by Gasteiger charge is 2.53. The third-order valence-electron chi connectivity index (χ3n) is 3.93. The maximum atomic E-state index is 5.59. The van der Waals surface area contributed by atoms with Crippen molar-refractivity contribution < 1.29 is 4.74 Å². The van der Waals surface area contributed by atoms with Gasteiger partial charge in [0.2, 0.25) is 0 Å². The van der Waals surface area contributed by atoms with Crippen molar-refractivity contribution in [1.29, 1.82) is 0 Å². The molecule has 2 aliphatic rings. The second-order valence-electron chi connectivity index (χ2n) is 6.16. The topological polar surface area (TPSA) is 21.3 Å². The first-order valence-corrected chi connectivity index (χ1v) is 5.78. The van der Waals surface area contributed by atoms with E-state index < -0.39 is 0 Å². The number of nitrogens with one attached hydrogen (secondary N) is 1. The van der Waals surface area contributed by atoms with Crippen LogP contribution in [0.4, 0.5) is 0 Å². The zero-order chi connectivity index (χ0) is 10.4. The van der Waals surface area contributed by atoms with Crippen molar-refractivity contribution in [2.24, 2.45) is 17.3 Å². The number of hydrogen-bond donors (Lipinski definition) is 1. The predicted molar refractivity (Wildman–Crippen MR) is 58.3 cm³/mol. The average molecular weight is 197 g/mol. The lowest BCUT2D eigenvalue weighted by Crippen LogP contribution is -2.50. The SMILES string of the molecule is C[C@H]1CNC2(CCOC2)C1C(C)(C)C. The Hall–Kier alpha value is -0.0800. The van der Waals surface area contributed by atoms with Crippen LogP contribution in [0.5, 0.6) is 0 Å². The molecule has 0 radical (unpaired) electrons. The fraction of sp³-hybridized carbons (Fsp3) is 1.00. The quantitative estimate of drug-likeness (QED) is 0.641. The lowest BCUT2D eigenvalue weighted by Gasteiger charge is -2.40. The summed E-state index contributed by atoms with van der Waals surface area (Å²) in [5.41, 5.74) is 0.675. The van der Waals surface area contributed by atoms with Crippen molar-refractivity contribution in [3.8, 4) is 0 Å². The van der Waals surface area contributed by atoms with Gasteiger partial charge in [0, 0.05) is 12.1 Å². The van der Waals surface area contributed by atoms with Gasteiger partial charge in [-0.3, -0.25) is 0 Å². The van der Waals surface area contributed by atoms with Gasteiger partial charge in [-0.1, -0.05) is 27.7 Å². The van der Waals surface area contributed by atoms with Crippen LogP contribution in [0.3, 0.4) is 0 Å². The van der Waals surface area contributed by atoms with E-state index in [9.17, 15) is 0 Å². The third kappa shape index (κ3) is 1.49. The zero-order valence-corrected chi connectivity index (χ0v) is 9.89. The van der Waals surface area contributed by atoms with Crippen LogP contribution in [-0.4, -0.2) is 25.3 Å². The molecule has 2 unspecified atom stereocenters. The van der Waals surface area contributed by atoms with Gasteiger partial charge in [0.05, 0.1) is 6.61 Å². The molecule has 0 saturated carbocycles. The van der Waals surface area contributed by atoms with Gasteiger partial charge in [0.15, 0.2) is 0 Å². The second kappa shape index (κ2) is 3.21. The van der Waals surface area contributed by atoms with Crippen molar-refractivity contribution in [3.63, 3.8) is 0 Å². The first-order valence-electron chi connectivity index (χ1n) is 5.78. The van der Waals surface area contributed by atoms with Crippen LogP contribution in [-0.2, 0) is 4.74 Å². The molecule has 2 saturated heterocycles. The molecule has 14 heavy (non-hydrogen) atoms. The summed E-state index contributed by atoms with van der Waals surface area (Å²) in [5.74, 6) is 1.52. The summed E-state index contributed by atoms with van der Waals surface area (Å²) in [7, 11) is 0. The van der Waals surface area contributed by atoms with Gasteiger partial charge in [-0.25, -0.2) is 0 Å². The molecule has 2 fully saturated rings. The minimum absolute atomic E-state index is 0.289. The molecule has 1 spiro atoms. The van der Waals surface area contributed by atoms with Crippen molar-refractivity contribution in [3.05, 3.63) is 0 Å². The molecule has 3 atom stereocenters. The fourth-order valence-electron chi connectivity index (χ4n) is 3.78. The van der Waals surface area contributed by atoms with Crippen molar-refractivity contribution in [1.82, 2.24) is 5.32 Å². The Kier molecular flexibility index (Phi) is 2.39. The highest BCUT2D eigenvalue weighted by Crippen LogP contribution is 2.47. The van der Waals surface area contributed by atoms with E-state index >= 15 is 0 Å². The number of rotatable bonds is 0. The summed E-state index contributed by atoms with van der Waals surface area (Å²) < 4.78 is 5.59. The first-order chi connectivity index (χ1) is 6.46. The monoisotopic (exact) mass is 197 g/mol. The molecule has 0 aromatic rings. The van der Waals surface area contributed by atoms with Gasteiger partial charge in [0.1, 0.15) is 0 Å². The molecular formula is C12H23NO. The summed E-state index contributed by atoms with van der Waals surface area (Å²) >= 11 is 0. The summed E-state index contributed by atoms with van der Waals surface area (Å²) in [6.07, 6.45) is 1.19. The fourth-order valence-corrected chi connectivity index (χ4v) is 3.78. The molecule has 0 bridgehead atoms. The molecule has 0 aromatic heterocycles. The molecule has 2 heteroatoms. The zero-order valence-electron chi connectivity index (χ0n) is 9.89. The summed E-state index contributed by atoms with van der Waals surface area (Å²) in [6, 6.07) is 0. The summed E-state index contributed by atoms with van der Waals surface area (Å²) in [6.45, 7) is 12.5. The third-order valence-corrected chi connectivity index (χ3v) is 3.93. The lowest BCUT2D eigenvalue weighted by atomic mass is 9.66. The van der Waals surface area contributed by atoms with Crippen molar-refractivity contribution in [2.75, 3.05) is 19.8 Å². The predicted octanol–water partition coefficient (Wildman–Crippen LogP) is 2.05. The smallest absolute Gasteiger partial charge is 0.0652 e. The van der Waals surface area contributed by atoms with E-state index in [0.717, 1.165) is 31.6 Å². The summed E-state index contributed by atoms with van der Waals surface area (Å²) in [5, 5.41) is 3.71. The molecule has 0 aliphatic carbocycles. The molecule has 2 heterocycles. The normalized spacial score (nSPS) is 43.7. The maximum absolute atomic E-state index is 5.59. The van der Waals surface area contributed by atoms with Crippen LogP contribution in [0.15, 0.2) is 0 Å². The van der Waals surface area contributed by atoms with Crippen LogP contribution < -0.4 is 5.32 Å². The Morgan fingerprint density at radius 3 is 2.57 bits per heavy atom. The van der Waals surface area contributed by atoms with E-state index in [4.69, 9.17) is 4.74 Å². The van der Waals surface area contributed by atoms with Crippen molar-refractivity contribution in [2.45, 2.75) is 39.7 Å². The van der Waals surface area contributed by atoms with E-state index in [0.29, 0.717) is 5.41 Å². The molecule has 2 nitrogen and oxygen atoms in total. The molecule has 0 aromatic carbocycles. The Morgan fingerprint density at radius 2 is 2.07 bits per heavy atom. The lowest BCUT2D eigenvalue weighted by molar-refractivity contribution is 0.0893. The average Bonchev–Trinajstić information content (AvgIpc) is 2.59. The maximum Gasteiger partial charge on any atom is 0.0652 e. The van der Waals surface area contributed by atoms with Gasteiger partial charge in [-0.2, -0.15) is 0 Å². The van der Waals surface area contributed by atoms with Crippen LogP contribution in [0, 0.1) is 17.3 Å². The largest absolute Gasteiger partial charge is 0.379 e. The standard InChI is InChI=1S/C12H23NO/c1-9-7-13-12(5-6-14-8-12)10(9)11(2,3)4/h9-10,13H,5-8H2,1-4H3/t9-,10?,12?/m0/s1. The molecule has 0 amide bonds. The Labute approximate surface area is 87.4 Å². The van der Waals surface area contributed by atoms with Gasteiger partial charge >= 0.3 is 0 Å². The van der Waals surface area contributed by atoms with Crippen LogP contribution in [0.1, 0.15) is 34.1 Å². The van der Waals surface area contributed by atoms with E-state index in [-0.39, 0.29) is 5.54 Å². The first kappa shape index (κ1) is 10.4. The minimum Gasteiger partial charge on any atom is -0.379 e. The molecule has 82 valence electrons. The van der Waals surface area contributed by atoms with Gasteiger partial charge in [-0.05, 0) is 30.2 Å². The number of hydrogen-bond acceptors (Lipinski definition) is 2. The summed E-state index contributed by atoms with van der Waals surface area (Å²) in [4.78, 5) is 0. The highest BCUT2D eigenvalue weighted by atomic mass is 16.5. The number of ether oxygens (including phenoxy) is 1. The minimum atomic E-state index is 0.289. The molecule has 2 rings (SSSR count). The van der Waals surface area contributed by atoms with Crippen molar-refractivity contribution >= 4 is 0 Å². The molecule has 2 aliphatic heterocycles. The van der Waals surface area contributed by atoms with Crippen LogP contribution in [0.25, 0.3) is 0 Å². The van der Waals surface area contributed by atoms with Crippen LogP contribution >= 0.6 is 0 Å². The Balaban J connectivity index is 2.25. The molecular weight excluding hydrogens is 174 g/mol. The van der Waals surface area contributed by atoms with E-state index in [1.807, 2.05) is 0 Å². The highest BCUT2D eigenvalue weighted by molar-refractivity contribution is 5.08. The van der Waals surface area contributed by atoms with E-state index in [2.05, 4.69) is 33.0 Å². The van der Waals surface area contributed by atoms with Crippen LogP contribution in [0.2, 0.25) is 0 Å². The Bertz CT molecular complexity index is 213. The van der Waals surface area contributed by atoms with E-state index in [1.54, 1.807) is 0 Å². The van der Waals surface area contributed by atoms with E-state index in [1.165, 1.54) is 6.42 Å². The van der Waals surface area contributed by atoms with Gasteiger partial charge < -0.3 is 10.1 Å².